The lowest BCUT2D eigenvalue weighted by molar-refractivity contribution is -0.146. The number of nitrogens with zero attached hydrogens (tertiary/aromatic N) is 2. The molecule has 0 saturated heterocycles. The molecule has 3 unspecified atom stereocenters. The van der Waals surface area contributed by atoms with Crippen molar-refractivity contribution in [3.8, 4) is 11.5 Å². The van der Waals surface area contributed by atoms with E-state index in [-0.39, 0.29) is 17.4 Å². The molecule has 0 bridgehead atoms. The van der Waals surface area contributed by atoms with E-state index in [1.807, 2.05) is 13.0 Å². The molecule has 0 aliphatic carbocycles. The summed E-state index contributed by atoms with van der Waals surface area (Å²) in [6, 6.07) is 6.80. The van der Waals surface area contributed by atoms with Crippen molar-refractivity contribution in [1.82, 2.24) is 15.3 Å². The fraction of sp³-hybridized carbons (Fsp3) is 0.368. The molecule has 1 amide bonds. The van der Waals surface area contributed by atoms with Crippen molar-refractivity contribution >= 4 is 11.9 Å². The van der Waals surface area contributed by atoms with Crippen molar-refractivity contribution in [2.75, 3.05) is 7.11 Å². The first-order chi connectivity index (χ1) is 12.7. The number of nitrogens with one attached hydrogen (secondary N) is 1. The lowest BCUT2D eigenvalue weighted by atomic mass is 9.77. The first kappa shape index (κ1) is 20.2. The standard InChI is InChI=1S/C19H23N3O5/c1-11(13-7-5-6-9-20-13)12(2)19(3,18(25)26)22-17(24)15-16(23)14(27-4)8-10-21-15/h5-12,23H,1-4H3,(H,22,24)(H,25,26). The molecule has 0 radical (unpaired) electrons. The molecule has 8 heteroatoms. The number of aliphatic carboxylic acids is 1. The fourth-order valence-corrected chi connectivity index (χ4v) is 2.83. The van der Waals surface area contributed by atoms with Crippen LogP contribution in [0.5, 0.6) is 11.5 Å². The molecule has 0 saturated carbocycles. The minimum absolute atomic E-state index is 0.0714. The van der Waals surface area contributed by atoms with E-state index in [2.05, 4.69) is 15.3 Å². The minimum atomic E-state index is -1.62. The maximum absolute atomic E-state index is 12.6. The number of aromatic nitrogens is 2. The number of carbonyl (C=O) groups is 2. The summed E-state index contributed by atoms with van der Waals surface area (Å²) in [5, 5.41) is 22.4. The van der Waals surface area contributed by atoms with Gasteiger partial charge >= 0.3 is 5.97 Å². The van der Waals surface area contributed by atoms with E-state index in [0.717, 1.165) is 0 Å². The van der Waals surface area contributed by atoms with Crippen LogP contribution in [0, 0.1) is 5.92 Å². The van der Waals surface area contributed by atoms with Gasteiger partial charge in [0.1, 0.15) is 5.54 Å². The Morgan fingerprint density at radius 3 is 2.44 bits per heavy atom. The van der Waals surface area contributed by atoms with Gasteiger partial charge in [0.2, 0.25) is 0 Å². The van der Waals surface area contributed by atoms with E-state index >= 15 is 0 Å². The molecule has 2 rings (SSSR count). The second kappa shape index (κ2) is 8.03. The Kier molecular flexibility index (Phi) is 5.99. The van der Waals surface area contributed by atoms with Crippen molar-refractivity contribution in [1.29, 1.82) is 0 Å². The summed E-state index contributed by atoms with van der Waals surface area (Å²) in [4.78, 5) is 32.8. The molecular formula is C19H23N3O5. The molecule has 2 aromatic heterocycles. The van der Waals surface area contributed by atoms with Crippen LogP contribution in [0.3, 0.4) is 0 Å². The molecule has 0 aliphatic rings. The number of amides is 1. The van der Waals surface area contributed by atoms with Crippen molar-refractivity contribution in [2.24, 2.45) is 5.92 Å². The first-order valence-corrected chi connectivity index (χ1v) is 8.41. The van der Waals surface area contributed by atoms with E-state index in [9.17, 15) is 19.8 Å². The number of methoxy groups -OCH3 is 1. The molecule has 0 aliphatic heterocycles. The van der Waals surface area contributed by atoms with Crippen LogP contribution in [-0.4, -0.2) is 44.7 Å². The Hall–Kier alpha value is -3.16. The quantitative estimate of drug-likeness (QED) is 0.680. The highest BCUT2D eigenvalue weighted by molar-refractivity contribution is 5.98. The zero-order valence-corrected chi connectivity index (χ0v) is 15.6. The molecule has 144 valence electrons. The highest BCUT2D eigenvalue weighted by Crippen LogP contribution is 2.33. The second-order valence-electron chi connectivity index (χ2n) is 6.50. The van der Waals surface area contributed by atoms with E-state index in [1.165, 1.54) is 26.3 Å². The summed E-state index contributed by atoms with van der Waals surface area (Å²) in [6.45, 7) is 5.00. The van der Waals surface area contributed by atoms with Gasteiger partial charge in [-0.2, -0.15) is 0 Å². The Balaban J connectivity index is 2.33. The van der Waals surface area contributed by atoms with Crippen molar-refractivity contribution in [3.05, 3.63) is 48.0 Å². The molecule has 27 heavy (non-hydrogen) atoms. The lowest BCUT2D eigenvalue weighted by Gasteiger charge is -2.35. The van der Waals surface area contributed by atoms with Crippen LogP contribution in [0.4, 0.5) is 0 Å². The minimum Gasteiger partial charge on any atom is -0.503 e. The average Bonchev–Trinajstić information content (AvgIpc) is 2.67. The van der Waals surface area contributed by atoms with Gasteiger partial charge in [-0.15, -0.1) is 0 Å². The SMILES string of the molecule is COc1ccnc(C(=O)NC(C)(C(=O)O)C(C)C(C)c2ccccn2)c1O. The molecular weight excluding hydrogens is 350 g/mol. The van der Waals surface area contributed by atoms with Gasteiger partial charge in [-0.3, -0.25) is 9.78 Å². The Labute approximate surface area is 157 Å². The number of hydrogen-bond donors (Lipinski definition) is 3. The van der Waals surface area contributed by atoms with Gasteiger partial charge < -0.3 is 20.3 Å². The van der Waals surface area contributed by atoms with Crippen LogP contribution in [0.1, 0.15) is 42.9 Å². The molecule has 0 fully saturated rings. The van der Waals surface area contributed by atoms with Gasteiger partial charge in [0, 0.05) is 30.1 Å². The second-order valence-corrected chi connectivity index (χ2v) is 6.50. The van der Waals surface area contributed by atoms with Crippen LogP contribution < -0.4 is 10.1 Å². The van der Waals surface area contributed by atoms with E-state index in [4.69, 9.17) is 4.74 Å². The zero-order valence-electron chi connectivity index (χ0n) is 15.6. The number of carbonyl (C=O) groups excluding carboxylic acids is 1. The maximum atomic E-state index is 12.6. The summed E-state index contributed by atoms with van der Waals surface area (Å²) in [6.07, 6.45) is 2.93. The number of aromatic hydroxyl groups is 1. The maximum Gasteiger partial charge on any atom is 0.329 e. The highest BCUT2D eigenvalue weighted by Gasteiger charge is 2.44. The molecule has 2 heterocycles. The van der Waals surface area contributed by atoms with E-state index in [1.54, 1.807) is 25.3 Å². The third kappa shape index (κ3) is 3.99. The molecule has 8 nitrogen and oxygen atoms in total. The summed E-state index contributed by atoms with van der Waals surface area (Å²) in [5.41, 5.74) is -1.21. The van der Waals surface area contributed by atoms with E-state index < -0.39 is 29.1 Å². The number of pyridine rings is 2. The molecule has 2 aromatic rings. The largest absolute Gasteiger partial charge is 0.503 e. The summed E-state index contributed by atoms with van der Waals surface area (Å²) in [7, 11) is 1.34. The van der Waals surface area contributed by atoms with Crippen LogP contribution in [0.2, 0.25) is 0 Å². The monoisotopic (exact) mass is 373 g/mol. The van der Waals surface area contributed by atoms with Crippen molar-refractivity contribution < 1.29 is 24.5 Å². The van der Waals surface area contributed by atoms with Crippen molar-refractivity contribution in [2.45, 2.75) is 32.2 Å². The summed E-state index contributed by atoms with van der Waals surface area (Å²) in [5.74, 6) is -3.15. The molecule has 3 atom stereocenters. The number of ether oxygens (including phenoxy) is 1. The predicted octanol–water partition coefficient (Wildman–Crippen LogP) is 2.20. The van der Waals surface area contributed by atoms with Gasteiger partial charge in [0.15, 0.2) is 17.2 Å². The molecule has 0 spiro atoms. The van der Waals surface area contributed by atoms with Gasteiger partial charge in [0.25, 0.3) is 5.91 Å². The van der Waals surface area contributed by atoms with E-state index in [0.29, 0.717) is 5.69 Å². The topological polar surface area (TPSA) is 122 Å². The van der Waals surface area contributed by atoms with Crippen LogP contribution in [0.25, 0.3) is 0 Å². The number of carboxylic acids is 1. The van der Waals surface area contributed by atoms with Gasteiger partial charge in [0.05, 0.1) is 7.11 Å². The van der Waals surface area contributed by atoms with Crippen molar-refractivity contribution in [3.63, 3.8) is 0 Å². The third-order valence-corrected chi connectivity index (χ3v) is 4.95. The van der Waals surface area contributed by atoms with Crippen LogP contribution >= 0.6 is 0 Å². The Morgan fingerprint density at radius 1 is 1.19 bits per heavy atom. The third-order valence-electron chi connectivity index (χ3n) is 4.95. The lowest BCUT2D eigenvalue weighted by Crippen LogP contribution is -2.57. The highest BCUT2D eigenvalue weighted by atomic mass is 16.5. The normalized spacial score (nSPS) is 15.3. The average molecular weight is 373 g/mol. The molecule has 3 N–H and O–H groups in total. The van der Waals surface area contributed by atoms with Gasteiger partial charge in [-0.1, -0.05) is 19.9 Å². The Bertz CT molecular complexity index is 827. The fourth-order valence-electron chi connectivity index (χ4n) is 2.83. The smallest absolute Gasteiger partial charge is 0.329 e. The van der Waals surface area contributed by atoms with Crippen LogP contribution in [0.15, 0.2) is 36.7 Å². The zero-order chi connectivity index (χ0) is 20.2. The molecule has 0 aromatic carbocycles. The summed E-state index contributed by atoms with van der Waals surface area (Å²) < 4.78 is 4.96. The Morgan fingerprint density at radius 2 is 1.89 bits per heavy atom. The summed E-state index contributed by atoms with van der Waals surface area (Å²) >= 11 is 0. The predicted molar refractivity (Wildman–Crippen MR) is 97.8 cm³/mol. The van der Waals surface area contributed by atoms with Gasteiger partial charge in [-0.05, 0) is 25.0 Å². The number of carboxylic acid groups (broad SMARTS) is 1. The van der Waals surface area contributed by atoms with Crippen LogP contribution in [-0.2, 0) is 4.79 Å². The number of rotatable bonds is 7. The van der Waals surface area contributed by atoms with Gasteiger partial charge in [-0.25, -0.2) is 9.78 Å². The first-order valence-electron chi connectivity index (χ1n) is 8.41. The number of hydrogen-bond acceptors (Lipinski definition) is 6.